The summed E-state index contributed by atoms with van der Waals surface area (Å²) in [4.78, 5) is 23.6. The minimum absolute atomic E-state index is 0.143. The van der Waals surface area contributed by atoms with E-state index in [1.54, 1.807) is 31.2 Å². The van der Waals surface area contributed by atoms with Crippen LogP contribution in [-0.4, -0.2) is 11.1 Å². The number of aryl methyl sites for hydroxylation is 1. The van der Waals surface area contributed by atoms with Crippen LogP contribution in [0.15, 0.2) is 35.2 Å². The molecule has 33 heavy (non-hydrogen) atoms. The molecule has 1 aliphatic heterocycles. The van der Waals surface area contributed by atoms with Crippen molar-refractivity contribution in [2.75, 3.05) is 0 Å². The van der Waals surface area contributed by atoms with Crippen LogP contribution in [0.2, 0.25) is 0 Å². The van der Waals surface area contributed by atoms with Crippen molar-refractivity contribution in [3.8, 4) is 11.1 Å². The Morgan fingerprint density at radius 1 is 0.939 bits per heavy atom. The first-order valence-corrected chi connectivity index (χ1v) is 11.6. The van der Waals surface area contributed by atoms with Gasteiger partial charge in [-0.05, 0) is 100 Å². The lowest BCUT2D eigenvalue weighted by Gasteiger charge is -2.42. The fourth-order valence-electron chi connectivity index (χ4n) is 4.66. The molecule has 0 saturated carbocycles. The number of imide groups is 1. The summed E-state index contributed by atoms with van der Waals surface area (Å²) in [5.41, 5.74) is 2.34. The number of amides is 2. The van der Waals surface area contributed by atoms with Crippen LogP contribution in [0.25, 0.3) is 17.2 Å². The highest BCUT2D eigenvalue weighted by Crippen LogP contribution is 2.50. The maximum absolute atomic E-state index is 14.3. The molecule has 2 aromatic carbocycles. The van der Waals surface area contributed by atoms with E-state index in [0.29, 0.717) is 16.7 Å². The van der Waals surface area contributed by atoms with Crippen LogP contribution in [0.5, 0.6) is 0 Å². The van der Waals surface area contributed by atoms with E-state index in [1.165, 1.54) is 12.1 Å². The van der Waals surface area contributed by atoms with Gasteiger partial charge in [-0.1, -0.05) is 39.8 Å². The van der Waals surface area contributed by atoms with Crippen LogP contribution < -0.4 is 5.32 Å². The molecule has 174 valence electrons. The molecule has 2 aromatic rings. The van der Waals surface area contributed by atoms with E-state index in [9.17, 15) is 22.8 Å². The molecule has 4 rings (SSSR count). The van der Waals surface area contributed by atoms with Crippen molar-refractivity contribution in [1.29, 1.82) is 0 Å². The van der Waals surface area contributed by atoms with Crippen LogP contribution >= 0.6 is 11.8 Å². The fourth-order valence-corrected chi connectivity index (χ4v) is 5.35. The normalized spacial score (nSPS) is 20.7. The molecule has 1 aliphatic carbocycles. The maximum Gasteiger partial charge on any atom is 0.417 e. The first kappa shape index (κ1) is 23.6. The molecule has 0 spiro atoms. The predicted octanol–water partition coefficient (Wildman–Crippen LogP) is 7.35. The molecule has 2 amide bonds. The number of alkyl halides is 3. The summed E-state index contributed by atoms with van der Waals surface area (Å²) >= 11 is 0.781. The lowest BCUT2D eigenvalue weighted by molar-refractivity contribution is -0.137. The summed E-state index contributed by atoms with van der Waals surface area (Å²) in [5.74, 6) is -0.499. The molecule has 1 fully saturated rings. The Kier molecular flexibility index (Phi) is 5.55. The molecule has 3 nitrogen and oxygen atoms in total. The quantitative estimate of drug-likeness (QED) is 0.464. The number of hydrogen-bond acceptors (Lipinski definition) is 3. The van der Waals surface area contributed by atoms with E-state index >= 15 is 0 Å². The summed E-state index contributed by atoms with van der Waals surface area (Å²) in [5, 5.41) is 1.73. The van der Waals surface area contributed by atoms with Gasteiger partial charge in [0.05, 0.1) is 10.5 Å². The van der Waals surface area contributed by atoms with Gasteiger partial charge in [0.15, 0.2) is 0 Å². The van der Waals surface area contributed by atoms with Gasteiger partial charge in [-0.3, -0.25) is 14.9 Å². The summed E-state index contributed by atoms with van der Waals surface area (Å²) in [6.45, 7) is 9.95. The van der Waals surface area contributed by atoms with Gasteiger partial charge >= 0.3 is 6.18 Å². The van der Waals surface area contributed by atoms with Crippen molar-refractivity contribution < 1.29 is 22.8 Å². The standard InChI is InChI=1S/C26H26F3NO2S/c1-14-6-7-15(11-21-22(31)30-23(32)33-21)10-16(14)17-12-19-20(13-18(17)26(27,28)29)25(4,5)9-8-24(19,2)3/h6-7,10-13H,8-9H2,1-5H3,(H,30,31,32). The van der Waals surface area contributed by atoms with E-state index in [1.807, 2.05) is 13.8 Å². The number of rotatable bonds is 2. The van der Waals surface area contributed by atoms with E-state index in [-0.39, 0.29) is 21.3 Å². The zero-order valence-electron chi connectivity index (χ0n) is 19.2. The number of fused-ring (bicyclic) bond motifs is 1. The lowest BCUT2D eigenvalue weighted by atomic mass is 9.62. The number of benzene rings is 2. The zero-order chi connectivity index (χ0) is 24.3. The Hall–Kier alpha value is -2.54. The third-order valence-electron chi connectivity index (χ3n) is 6.79. The number of nitrogens with one attached hydrogen (secondary N) is 1. The largest absolute Gasteiger partial charge is 0.417 e. The third kappa shape index (κ3) is 4.35. The molecule has 0 unspecified atom stereocenters. The van der Waals surface area contributed by atoms with E-state index < -0.39 is 22.9 Å². The average molecular weight is 474 g/mol. The Morgan fingerprint density at radius 2 is 1.55 bits per heavy atom. The van der Waals surface area contributed by atoms with Crippen molar-refractivity contribution in [2.24, 2.45) is 0 Å². The van der Waals surface area contributed by atoms with Gasteiger partial charge in [-0.2, -0.15) is 13.2 Å². The molecule has 0 aromatic heterocycles. The van der Waals surface area contributed by atoms with Crippen molar-refractivity contribution in [3.05, 3.63) is 63.1 Å². The van der Waals surface area contributed by atoms with Gasteiger partial charge in [0, 0.05) is 0 Å². The molecule has 1 saturated heterocycles. The highest BCUT2D eigenvalue weighted by molar-refractivity contribution is 8.18. The second-order valence-corrected chi connectivity index (χ2v) is 11.2. The van der Waals surface area contributed by atoms with E-state index in [4.69, 9.17) is 0 Å². The van der Waals surface area contributed by atoms with Gasteiger partial charge in [-0.25, -0.2) is 0 Å². The topological polar surface area (TPSA) is 46.2 Å². The van der Waals surface area contributed by atoms with Crippen molar-refractivity contribution in [3.63, 3.8) is 0 Å². The Bertz CT molecular complexity index is 1210. The van der Waals surface area contributed by atoms with Crippen LogP contribution in [0.4, 0.5) is 18.0 Å². The molecule has 0 atom stereocenters. The van der Waals surface area contributed by atoms with Crippen molar-refractivity contribution in [1.82, 2.24) is 5.32 Å². The SMILES string of the molecule is Cc1ccc(C=C2SC(=O)NC2=O)cc1-c1cc2c(cc1C(F)(F)F)C(C)(C)CCC2(C)C. The summed E-state index contributed by atoms with van der Waals surface area (Å²) in [7, 11) is 0. The van der Waals surface area contributed by atoms with Crippen LogP contribution in [0, 0.1) is 6.92 Å². The Labute approximate surface area is 195 Å². The average Bonchev–Trinajstić information content (AvgIpc) is 3.02. The van der Waals surface area contributed by atoms with Crippen LogP contribution in [0.3, 0.4) is 0 Å². The van der Waals surface area contributed by atoms with Crippen LogP contribution in [0.1, 0.15) is 68.4 Å². The third-order valence-corrected chi connectivity index (χ3v) is 7.60. The fraction of sp³-hybridized carbons (Fsp3) is 0.385. The van der Waals surface area contributed by atoms with Crippen molar-refractivity contribution >= 4 is 29.0 Å². The van der Waals surface area contributed by atoms with Gasteiger partial charge in [0.2, 0.25) is 0 Å². The van der Waals surface area contributed by atoms with Gasteiger partial charge in [0.25, 0.3) is 11.1 Å². The smallest absolute Gasteiger partial charge is 0.282 e. The number of carbonyl (C=O) groups is 2. The second kappa shape index (κ2) is 7.76. The minimum atomic E-state index is -4.52. The first-order valence-electron chi connectivity index (χ1n) is 10.8. The highest BCUT2D eigenvalue weighted by Gasteiger charge is 2.42. The monoisotopic (exact) mass is 473 g/mol. The van der Waals surface area contributed by atoms with Crippen LogP contribution in [-0.2, 0) is 21.8 Å². The van der Waals surface area contributed by atoms with Crippen molar-refractivity contribution in [2.45, 2.75) is 64.5 Å². The second-order valence-electron chi connectivity index (χ2n) is 10.1. The molecule has 7 heteroatoms. The molecule has 0 radical (unpaired) electrons. The van der Waals surface area contributed by atoms with E-state index in [2.05, 4.69) is 19.2 Å². The molecular formula is C26H26F3NO2S. The lowest BCUT2D eigenvalue weighted by Crippen LogP contribution is -2.34. The Morgan fingerprint density at radius 3 is 2.09 bits per heavy atom. The van der Waals surface area contributed by atoms with Gasteiger partial charge in [0.1, 0.15) is 0 Å². The summed E-state index contributed by atoms with van der Waals surface area (Å²) in [6, 6.07) is 8.21. The predicted molar refractivity (Wildman–Crippen MR) is 126 cm³/mol. The first-order chi connectivity index (χ1) is 15.2. The molecule has 1 N–H and O–H groups in total. The maximum atomic E-state index is 14.3. The number of halogens is 3. The number of carbonyl (C=O) groups excluding carboxylic acids is 2. The van der Waals surface area contributed by atoms with Gasteiger partial charge in [-0.15, -0.1) is 0 Å². The van der Waals surface area contributed by atoms with Gasteiger partial charge < -0.3 is 0 Å². The molecule has 0 bridgehead atoms. The number of hydrogen-bond donors (Lipinski definition) is 1. The minimum Gasteiger partial charge on any atom is -0.282 e. The summed E-state index contributed by atoms with van der Waals surface area (Å²) in [6.07, 6.45) is -1.27. The summed E-state index contributed by atoms with van der Waals surface area (Å²) < 4.78 is 42.9. The Balaban J connectivity index is 1.95. The highest BCUT2D eigenvalue weighted by atomic mass is 32.2. The molecule has 2 aliphatic rings. The molecular weight excluding hydrogens is 447 g/mol. The number of thioether (sulfide) groups is 1. The molecule has 1 heterocycles. The zero-order valence-corrected chi connectivity index (χ0v) is 20.1. The van der Waals surface area contributed by atoms with E-state index in [0.717, 1.165) is 35.7 Å².